The van der Waals surface area contributed by atoms with Crippen LogP contribution in [0.4, 0.5) is 9.59 Å². The van der Waals surface area contributed by atoms with Crippen LogP contribution in [0, 0.1) is 11.3 Å². The average Bonchev–Trinajstić information content (AvgIpc) is 3.91. The van der Waals surface area contributed by atoms with E-state index in [0.717, 1.165) is 16.7 Å². The largest absolute Gasteiger partial charge is 0.454 e. The number of allylic oxidation sites excluding steroid dienone is 1. The predicted molar refractivity (Wildman–Crippen MR) is 188 cm³/mol. The first-order valence-corrected chi connectivity index (χ1v) is 19.8. The van der Waals surface area contributed by atoms with Gasteiger partial charge in [0.15, 0.2) is 11.5 Å². The Bertz CT molecular complexity index is 1860. The normalized spacial score (nSPS) is 29.2. The molecule has 1 unspecified atom stereocenters. The molecule has 7 rings (SSSR count). The van der Waals surface area contributed by atoms with Crippen LogP contribution in [0.3, 0.4) is 0 Å². The molecule has 6 aliphatic rings. The Hall–Kier alpha value is -4.54. The number of carbonyl (C=O) groups excluding carboxylic acids is 5. The molecule has 1 aromatic rings. The van der Waals surface area contributed by atoms with E-state index in [4.69, 9.17) is 18.9 Å². The number of nitrogens with one attached hydrogen (secondary N) is 3. The molecule has 1 aromatic carbocycles. The Balaban J connectivity index is 1.17. The van der Waals surface area contributed by atoms with Gasteiger partial charge in [0.1, 0.15) is 23.7 Å². The molecule has 0 radical (unpaired) electrons. The van der Waals surface area contributed by atoms with Gasteiger partial charge in [-0.3, -0.25) is 24.0 Å². The highest BCUT2D eigenvalue weighted by molar-refractivity contribution is 7.91. The molecule has 4 heterocycles. The van der Waals surface area contributed by atoms with Crippen LogP contribution in [-0.2, 0) is 47.0 Å². The van der Waals surface area contributed by atoms with Crippen molar-refractivity contribution < 1.29 is 51.3 Å². The summed E-state index contributed by atoms with van der Waals surface area (Å²) in [7, 11) is -3.89. The van der Waals surface area contributed by atoms with Gasteiger partial charge in [0.05, 0.1) is 24.9 Å². The molecular formula is C36H47N5O11S. The minimum Gasteiger partial charge on any atom is -0.454 e. The second kappa shape index (κ2) is 13.7. The van der Waals surface area contributed by atoms with Crippen LogP contribution in [-0.4, -0.2) is 97.0 Å². The van der Waals surface area contributed by atoms with Gasteiger partial charge in [-0.2, -0.15) is 0 Å². The van der Waals surface area contributed by atoms with Gasteiger partial charge in [-0.25, -0.2) is 18.0 Å². The Labute approximate surface area is 308 Å². The van der Waals surface area contributed by atoms with Crippen LogP contribution in [0.5, 0.6) is 11.5 Å². The lowest BCUT2D eigenvalue weighted by Gasteiger charge is -2.35. The number of fused-ring (bicyclic) bond motifs is 5. The van der Waals surface area contributed by atoms with E-state index in [1.807, 2.05) is 25.1 Å². The molecule has 0 spiro atoms. The van der Waals surface area contributed by atoms with Crippen molar-refractivity contribution in [3.63, 3.8) is 0 Å². The molecule has 4 bridgehead atoms. The van der Waals surface area contributed by atoms with Crippen molar-refractivity contribution in [1.29, 1.82) is 0 Å². The molecule has 16 nitrogen and oxygen atoms in total. The van der Waals surface area contributed by atoms with Crippen molar-refractivity contribution in [2.24, 2.45) is 11.3 Å². The van der Waals surface area contributed by atoms with E-state index in [1.54, 1.807) is 20.8 Å². The molecule has 4 aliphatic heterocycles. The van der Waals surface area contributed by atoms with Gasteiger partial charge in [-0.05, 0) is 60.6 Å². The first-order valence-electron chi connectivity index (χ1n) is 18.3. The number of rotatable bonds is 6. The van der Waals surface area contributed by atoms with Crippen molar-refractivity contribution in [2.45, 2.75) is 115 Å². The van der Waals surface area contributed by atoms with Crippen LogP contribution in [0.2, 0.25) is 0 Å². The fraction of sp³-hybridized carbons (Fsp3) is 0.639. The number of amides is 5. The average molecular weight is 758 g/mol. The first kappa shape index (κ1) is 36.8. The van der Waals surface area contributed by atoms with Crippen molar-refractivity contribution in [3.8, 4) is 11.5 Å². The second-order valence-electron chi connectivity index (χ2n) is 15.8. The lowest BCUT2D eigenvalue weighted by atomic mass is 9.85. The SMILES string of the molecule is CC[C@H]1C[C@@]1(NC(=O)C1C[C@@H]2CN1C(=O)[C@H](C(C)(C)C)NC(=O)OCCC/C=C\c1c3c(cc4c1OCO4)CN(C3)C(=O)O2)C(=O)NS(=O)(=O)C1CC1. The summed E-state index contributed by atoms with van der Waals surface area (Å²) >= 11 is 0. The third-order valence-corrected chi connectivity index (χ3v) is 12.8. The van der Waals surface area contributed by atoms with Crippen molar-refractivity contribution in [1.82, 2.24) is 25.2 Å². The van der Waals surface area contributed by atoms with E-state index in [2.05, 4.69) is 15.4 Å². The number of carbonyl (C=O) groups is 5. The van der Waals surface area contributed by atoms with Crippen LogP contribution < -0.4 is 24.8 Å². The molecular weight excluding hydrogens is 710 g/mol. The number of hydrogen-bond acceptors (Lipinski definition) is 11. The van der Waals surface area contributed by atoms with Gasteiger partial charge >= 0.3 is 12.2 Å². The predicted octanol–water partition coefficient (Wildman–Crippen LogP) is 2.68. The number of alkyl carbamates (subject to hydrolysis) is 1. The smallest absolute Gasteiger partial charge is 0.410 e. The number of benzene rings is 1. The van der Waals surface area contributed by atoms with E-state index >= 15 is 0 Å². The highest BCUT2D eigenvalue weighted by atomic mass is 32.2. The Kier molecular flexibility index (Phi) is 9.52. The van der Waals surface area contributed by atoms with E-state index < -0.39 is 74.3 Å². The van der Waals surface area contributed by atoms with Crippen LogP contribution in [0.15, 0.2) is 12.1 Å². The molecule has 53 heavy (non-hydrogen) atoms. The maximum atomic E-state index is 14.4. The fourth-order valence-electron chi connectivity index (χ4n) is 7.68. The summed E-state index contributed by atoms with van der Waals surface area (Å²) in [6.07, 6.45) is 4.11. The van der Waals surface area contributed by atoms with E-state index in [1.165, 1.54) is 9.80 Å². The summed E-state index contributed by atoms with van der Waals surface area (Å²) < 4.78 is 50.4. The van der Waals surface area contributed by atoms with Crippen molar-refractivity contribution >= 4 is 46.0 Å². The molecule has 3 N–H and O–H groups in total. The number of ether oxygens (including phenoxy) is 4. The Morgan fingerprint density at radius 2 is 1.87 bits per heavy atom. The van der Waals surface area contributed by atoms with Crippen LogP contribution in [0.25, 0.3) is 6.08 Å². The minimum absolute atomic E-state index is 0.0813. The third-order valence-electron chi connectivity index (χ3n) is 10.9. The van der Waals surface area contributed by atoms with Gasteiger partial charge < -0.3 is 34.5 Å². The molecule has 2 saturated carbocycles. The van der Waals surface area contributed by atoms with Gasteiger partial charge in [0.2, 0.25) is 28.6 Å². The van der Waals surface area contributed by atoms with Crippen LogP contribution in [0.1, 0.15) is 89.3 Å². The quantitative estimate of drug-likeness (QED) is 0.386. The zero-order valence-corrected chi connectivity index (χ0v) is 31.2. The number of nitrogens with zero attached hydrogens (tertiary/aromatic N) is 2. The molecule has 2 aliphatic carbocycles. The fourth-order valence-corrected chi connectivity index (χ4v) is 9.04. The van der Waals surface area contributed by atoms with Gasteiger partial charge in [-0.15, -0.1) is 0 Å². The zero-order chi connectivity index (χ0) is 37.9. The maximum Gasteiger partial charge on any atom is 0.410 e. The first-order chi connectivity index (χ1) is 25.1. The monoisotopic (exact) mass is 757 g/mol. The van der Waals surface area contributed by atoms with Crippen molar-refractivity contribution in [2.75, 3.05) is 19.9 Å². The minimum atomic E-state index is -3.89. The maximum absolute atomic E-state index is 14.4. The number of cyclic esters (lactones) is 1. The highest BCUT2D eigenvalue weighted by Gasteiger charge is 2.62. The van der Waals surface area contributed by atoms with E-state index in [9.17, 15) is 32.4 Å². The summed E-state index contributed by atoms with van der Waals surface area (Å²) in [6.45, 7) is 7.61. The Morgan fingerprint density at radius 1 is 1.09 bits per heavy atom. The molecule has 288 valence electrons. The standard InChI is InChI=1S/C36H47N5O11S/c1-5-21-15-36(21,32(44)39-53(47,48)23-10-11-23)38-30(42)26-14-22-17-41(26)31(43)29(35(2,3)4)37-33(45)49-12-8-6-7-9-24-25-18-40(34(46)52-22)16-20(25)13-27-28(24)51-19-50-27/h7,9,13,21-23,26,29H,5-6,8,10-12,14-19H2,1-4H3,(H,37,45)(H,38,42)(H,39,44)/b9-7-/t21-,22+,26?,29+,36-/m0/s1. The van der Waals surface area contributed by atoms with Gasteiger partial charge in [-0.1, -0.05) is 46.3 Å². The van der Waals surface area contributed by atoms with E-state index in [0.29, 0.717) is 43.6 Å². The summed E-state index contributed by atoms with van der Waals surface area (Å²) in [4.78, 5) is 71.7. The lowest BCUT2D eigenvalue weighted by molar-refractivity contribution is -0.143. The second-order valence-corrected chi connectivity index (χ2v) is 17.8. The molecule has 5 atom stereocenters. The molecule has 5 amide bonds. The lowest BCUT2D eigenvalue weighted by Crippen LogP contribution is -2.60. The van der Waals surface area contributed by atoms with Gasteiger partial charge in [0, 0.05) is 18.5 Å². The zero-order valence-electron chi connectivity index (χ0n) is 30.4. The number of sulfonamides is 1. The molecule has 3 fully saturated rings. The summed E-state index contributed by atoms with van der Waals surface area (Å²) in [5, 5.41) is 4.85. The highest BCUT2D eigenvalue weighted by Crippen LogP contribution is 2.47. The van der Waals surface area contributed by atoms with E-state index in [-0.39, 0.29) is 51.8 Å². The molecule has 17 heteroatoms. The summed E-state index contributed by atoms with van der Waals surface area (Å²) in [5.74, 6) is -1.26. The third kappa shape index (κ3) is 7.23. The summed E-state index contributed by atoms with van der Waals surface area (Å²) in [6, 6.07) is -0.491. The van der Waals surface area contributed by atoms with Gasteiger partial charge in [0.25, 0.3) is 5.91 Å². The van der Waals surface area contributed by atoms with Crippen molar-refractivity contribution in [3.05, 3.63) is 28.8 Å². The van der Waals surface area contributed by atoms with Crippen LogP contribution >= 0.6 is 0 Å². The number of hydrogen-bond donors (Lipinski definition) is 3. The topological polar surface area (TPSA) is 199 Å². The summed E-state index contributed by atoms with van der Waals surface area (Å²) in [5.41, 5.74) is 0.231. The molecule has 1 saturated heterocycles. The molecule has 0 aromatic heterocycles. The Morgan fingerprint density at radius 3 is 2.57 bits per heavy atom.